The van der Waals surface area contributed by atoms with Gasteiger partial charge in [-0.15, -0.1) is 0 Å². The van der Waals surface area contributed by atoms with Gasteiger partial charge in [0.1, 0.15) is 11.7 Å². The standard InChI is InChI=1S/C14H13ClN2O3/c1-8(14(19)20)17(2)13(18)12-7-10(15)9-5-3-4-6-11(9)16-12/h3-8H,1-2H3,(H,19,20). The molecule has 0 aliphatic carbocycles. The molecule has 0 saturated heterocycles. The van der Waals surface area contributed by atoms with Crippen LogP contribution in [0.15, 0.2) is 30.3 Å². The van der Waals surface area contributed by atoms with Crippen LogP contribution in [0.2, 0.25) is 5.02 Å². The minimum atomic E-state index is -1.08. The Morgan fingerprint density at radius 1 is 1.35 bits per heavy atom. The quantitative estimate of drug-likeness (QED) is 0.943. The molecule has 0 bridgehead atoms. The highest BCUT2D eigenvalue weighted by Crippen LogP contribution is 2.23. The number of carboxylic acids is 1. The number of nitrogens with zero attached hydrogens (tertiary/aromatic N) is 2. The van der Waals surface area contributed by atoms with E-state index in [0.29, 0.717) is 10.5 Å². The summed E-state index contributed by atoms with van der Waals surface area (Å²) < 4.78 is 0. The summed E-state index contributed by atoms with van der Waals surface area (Å²) in [6, 6.07) is 7.70. The molecule has 0 aliphatic heterocycles. The molecule has 0 saturated carbocycles. The third-order valence-corrected chi connectivity index (χ3v) is 3.46. The monoisotopic (exact) mass is 292 g/mol. The Labute approximate surface area is 120 Å². The first-order chi connectivity index (χ1) is 9.41. The number of rotatable bonds is 3. The Balaban J connectivity index is 2.43. The molecular formula is C14H13ClN2O3. The Bertz CT molecular complexity index is 687. The zero-order valence-corrected chi connectivity index (χ0v) is 11.8. The number of benzene rings is 1. The van der Waals surface area contributed by atoms with Crippen LogP contribution in [-0.2, 0) is 4.79 Å². The van der Waals surface area contributed by atoms with Crippen LogP contribution in [0.1, 0.15) is 17.4 Å². The number of halogens is 1. The Kier molecular flexibility index (Phi) is 3.90. The maximum Gasteiger partial charge on any atom is 0.326 e. The Morgan fingerprint density at radius 3 is 2.65 bits per heavy atom. The molecule has 5 nitrogen and oxygen atoms in total. The zero-order valence-electron chi connectivity index (χ0n) is 11.0. The highest BCUT2D eigenvalue weighted by molar-refractivity contribution is 6.35. The van der Waals surface area contributed by atoms with Crippen molar-refractivity contribution in [3.63, 3.8) is 0 Å². The number of aliphatic carboxylic acids is 1. The number of hydrogen-bond donors (Lipinski definition) is 1. The summed E-state index contributed by atoms with van der Waals surface area (Å²) >= 11 is 6.13. The van der Waals surface area contributed by atoms with Crippen LogP contribution >= 0.6 is 11.6 Å². The second kappa shape index (κ2) is 5.46. The molecule has 2 rings (SSSR count). The van der Waals surface area contributed by atoms with E-state index in [2.05, 4.69) is 4.98 Å². The second-order valence-corrected chi connectivity index (χ2v) is 4.84. The SMILES string of the molecule is CC(C(=O)O)N(C)C(=O)c1cc(Cl)c2ccccc2n1. The molecule has 1 N–H and O–H groups in total. The number of carbonyl (C=O) groups excluding carboxylic acids is 1. The Morgan fingerprint density at radius 2 is 2.00 bits per heavy atom. The average Bonchev–Trinajstić information content (AvgIpc) is 2.44. The molecule has 2 aromatic rings. The first-order valence-electron chi connectivity index (χ1n) is 5.97. The molecule has 1 unspecified atom stereocenters. The van der Waals surface area contributed by atoms with Gasteiger partial charge >= 0.3 is 5.97 Å². The third kappa shape index (κ3) is 2.58. The van der Waals surface area contributed by atoms with E-state index in [0.717, 1.165) is 10.3 Å². The average molecular weight is 293 g/mol. The summed E-state index contributed by atoms with van der Waals surface area (Å²) in [5.74, 6) is -1.56. The fourth-order valence-electron chi connectivity index (χ4n) is 1.76. The van der Waals surface area contributed by atoms with Crippen molar-refractivity contribution in [1.29, 1.82) is 0 Å². The largest absolute Gasteiger partial charge is 0.480 e. The molecule has 104 valence electrons. The van der Waals surface area contributed by atoms with Gasteiger partial charge in [0.15, 0.2) is 0 Å². The first kappa shape index (κ1) is 14.3. The lowest BCUT2D eigenvalue weighted by Gasteiger charge is -2.21. The minimum Gasteiger partial charge on any atom is -0.480 e. The third-order valence-electron chi connectivity index (χ3n) is 3.14. The molecule has 20 heavy (non-hydrogen) atoms. The number of para-hydroxylation sites is 1. The number of amides is 1. The topological polar surface area (TPSA) is 70.5 Å². The fraction of sp³-hybridized carbons (Fsp3) is 0.214. The molecule has 0 aliphatic rings. The van der Waals surface area contributed by atoms with Gasteiger partial charge in [0, 0.05) is 12.4 Å². The van der Waals surface area contributed by atoms with Gasteiger partial charge in [-0.3, -0.25) is 4.79 Å². The summed E-state index contributed by atoms with van der Waals surface area (Å²) in [4.78, 5) is 28.5. The van der Waals surface area contributed by atoms with E-state index in [1.54, 1.807) is 12.1 Å². The lowest BCUT2D eigenvalue weighted by molar-refractivity contribution is -0.141. The van der Waals surface area contributed by atoms with Gasteiger partial charge < -0.3 is 10.0 Å². The summed E-state index contributed by atoms with van der Waals surface area (Å²) in [6.45, 7) is 1.43. The molecule has 1 aromatic carbocycles. The van der Waals surface area contributed by atoms with Crippen LogP contribution in [0, 0.1) is 0 Å². The van der Waals surface area contributed by atoms with Crippen molar-refractivity contribution in [3.05, 3.63) is 41.0 Å². The number of fused-ring (bicyclic) bond motifs is 1. The van der Waals surface area contributed by atoms with Crippen LogP contribution in [0.5, 0.6) is 0 Å². The summed E-state index contributed by atoms with van der Waals surface area (Å²) in [5, 5.41) is 10.1. The van der Waals surface area contributed by atoms with Crippen molar-refractivity contribution in [2.24, 2.45) is 0 Å². The van der Waals surface area contributed by atoms with Crippen molar-refractivity contribution < 1.29 is 14.7 Å². The van der Waals surface area contributed by atoms with Crippen LogP contribution < -0.4 is 0 Å². The van der Waals surface area contributed by atoms with Crippen molar-refractivity contribution in [2.75, 3.05) is 7.05 Å². The normalized spacial score (nSPS) is 12.2. The number of pyridine rings is 1. The van der Waals surface area contributed by atoms with Gasteiger partial charge in [-0.05, 0) is 19.1 Å². The number of carboxylic acid groups (broad SMARTS) is 1. The predicted molar refractivity (Wildman–Crippen MR) is 75.9 cm³/mol. The van der Waals surface area contributed by atoms with E-state index in [9.17, 15) is 9.59 Å². The molecule has 6 heteroatoms. The highest BCUT2D eigenvalue weighted by Gasteiger charge is 2.24. The predicted octanol–water partition coefficient (Wildman–Crippen LogP) is 2.43. The second-order valence-electron chi connectivity index (χ2n) is 4.44. The van der Waals surface area contributed by atoms with Crippen molar-refractivity contribution in [3.8, 4) is 0 Å². The highest BCUT2D eigenvalue weighted by atomic mass is 35.5. The van der Waals surface area contributed by atoms with Gasteiger partial charge in [-0.2, -0.15) is 0 Å². The van der Waals surface area contributed by atoms with Crippen molar-refractivity contribution in [1.82, 2.24) is 9.88 Å². The van der Waals surface area contributed by atoms with E-state index in [4.69, 9.17) is 16.7 Å². The molecule has 0 radical (unpaired) electrons. The Hall–Kier alpha value is -2.14. The van der Waals surface area contributed by atoms with Gasteiger partial charge in [0.2, 0.25) is 0 Å². The van der Waals surface area contributed by atoms with Crippen molar-refractivity contribution >= 4 is 34.4 Å². The van der Waals surface area contributed by atoms with Gasteiger partial charge in [0.05, 0.1) is 10.5 Å². The van der Waals surface area contributed by atoms with E-state index < -0.39 is 17.9 Å². The first-order valence-corrected chi connectivity index (χ1v) is 6.35. The van der Waals surface area contributed by atoms with Gasteiger partial charge in [0.25, 0.3) is 5.91 Å². The van der Waals surface area contributed by atoms with Crippen LogP contribution in [0.4, 0.5) is 0 Å². The van der Waals surface area contributed by atoms with Crippen LogP contribution in [0.3, 0.4) is 0 Å². The number of hydrogen-bond acceptors (Lipinski definition) is 3. The van der Waals surface area contributed by atoms with Crippen LogP contribution in [-0.4, -0.2) is 40.0 Å². The maximum absolute atomic E-state index is 12.2. The molecule has 1 heterocycles. The summed E-state index contributed by atoms with van der Waals surface area (Å²) in [6.07, 6.45) is 0. The van der Waals surface area contributed by atoms with E-state index in [-0.39, 0.29) is 5.69 Å². The number of likely N-dealkylation sites (N-methyl/N-ethyl adjacent to an activating group) is 1. The fourth-order valence-corrected chi connectivity index (χ4v) is 2.03. The minimum absolute atomic E-state index is 0.129. The number of carbonyl (C=O) groups is 2. The maximum atomic E-state index is 12.2. The van der Waals surface area contributed by atoms with Gasteiger partial charge in [-0.25, -0.2) is 9.78 Å². The number of aromatic nitrogens is 1. The molecule has 1 amide bonds. The lowest BCUT2D eigenvalue weighted by Crippen LogP contribution is -2.40. The van der Waals surface area contributed by atoms with E-state index in [1.165, 1.54) is 20.0 Å². The van der Waals surface area contributed by atoms with Crippen LogP contribution in [0.25, 0.3) is 10.9 Å². The zero-order chi connectivity index (χ0) is 14.9. The molecule has 1 aromatic heterocycles. The molecule has 0 fully saturated rings. The van der Waals surface area contributed by atoms with E-state index >= 15 is 0 Å². The van der Waals surface area contributed by atoms with Crippen molar-refractivity contribution in [2.45, 2.75) is 13.0 Å². The smallest absolute Gasteiger partial charge is 0.326 e. The van der Waals surface area contributed by atoms with Gasteiger partial charge in [-0.1, -0.05) is 29.8 Å². The molecular weight excluding hydrogens is 280 g/mol. The summed E-state index contributed by atoms with van der Waals surface area (Å²) in [5.41, 5.74) is 0.726. The molecule has 1 atom stereocenters. The molecule has 0 spiro atoms. The summed E-state index contributed by atoms with van der Waals surface area (Å²) in [7, 11) is 1.42. The lowest BCUT2D eigenvalue weighted by atomic mass is 10.2. The van der Waals surface area contributed by atoms with E-state index in [1.807, 2.05) is 12.1 Å².